The van der Waals surface area contributed by atoms with E-state index in [0.29, 0.717) is 23.7 Å². The summed E-state index contributed by atoms with van der Waals surface area (Å²) in [5.41, 5.74) is 6.28. The summed E-state index contributed by atoms with van der Waals surface area (Å²) in [6, 6.07) is 3.56. The summed E-state index contributed by atoms with van der Waals surface area (Å²) in [5.74, 6) is 0.933. The highest BCUT2D eigenvalue weighted by Gasteiger charge is 2.14. The number of aromatic nitrogens is 1. The maximum atomic E-state index is 11.7. The zero-order valence-electron chi connectivity index (χ0n) is 9.83. The number of nitrogen functional groups attached to an aromatic ring is 1. The van der Waals surface area contributed by atoms with Crippen LogP contribution >= 0.6 is 0 Å². The summed E-state index contributed by atoms with van der Waals surface area (Å²) < 4.78 is 5.46. The summed E-state index contributed by atoms with van der Waals surface area (Å²) in [5, 5.41) is 4.34. The van der Waals surface area contributed by atoms with Gasteiger partial charge in [-0.15, -0.1) is 0 Å². The molecule has 17 heavy (non-hydrogen) atoms. The molecule has 0 atom stereocenters. The van der Waals surface area contributed by atoms with Gasteiger partial charge < -0.3 is 20.8 Å². The number of anilines is 1. The minimum atomic E-state index is -0.184. The number of H-pyrrole nitrogens is 1. The van der Waals surface area contributed by atoms with Crippen molar-refractivity contribution in [3.8, 4) is 5.75 Å². The van der Waals surface area contributed by atoms with Crippen molar-refractivity contribution in [1.82, 2.24) is 10.3 Å². The first kappa shape index (κ1) is 11.3. The predicted octanol–water partition coefficient (Wildman–Crippen LogP) is 1.51. The highest BCUT2D eigenvalue weighted by atomic mass is 16.5. The third-order valence-corrected chi connectivity index (χ3v) is 2.60. The minimum Gasteiger partial charge on any atom is -0.493 e. The second-order valence-electron chi connectivity index (χ2n) is 3.65. The lowest BCUT2D eigenvalue weighted by molar-refractivity contribution is 0.0959. The van der Waals surface area contributed by atoms with Crippen molar-refractivity contribution < 1.29 is 9.53 Å². The van der Waals surface area contributed by atoms with Crippen LogP contribution in [0.4, 0.5) is 5.82 Å². The fourth-order valence-electron chi connectivity index (χ4n) is 1.77. The summed E-state index contributed by atoms with van der Waals surface area (Å²) in [4.78, 5) is 14.7. The second-order valence-corrected chi connectivity index (χ2v) is 3.65. The molecule has 1 aromatic heterocycles. The third-order valence-electron chi connectivity index (χ3n) is 2.60. The number of carbonyl (C=O) groups is 1. The Morgan fingerprint density at radius 2 is 2.29 bits per heavy atom. The number of nitrogens with two attached hydrogens (primary N) is 1. The van der Waals surface area contributed by atoms with Crippen LogP contribution in [0.2, 0.25) is 0 Å². The van der Waals surface area contributed by atoms with E-state index >= 15 is 0 Å². The van der Waals surface area contributed by atoms with Gasteiger partial charge in [0.2, 0.25) is 0 Å². The molecule has 2 rings (SSSR count). The molecule has 1 amide bonds. The van der Waals surface area contributed by atoms with Crippen LogP contribution in [-0.2, 0) is 0 Å². The number of ether oxygens (including phenoxy) is 1. The molecule has 0 bridgehead atoms. The van der Waals surface area contributed by atoms with Crippen LogP contribution in [0.5, 0.6) is 5.75 Å². The Labute approximate surface area is 98.9 Å². The average molecular weight is 233 g/mol. The Balaban J connectivity index is 2.63. The molecule has 0 saturated carbocycles. The van der Waals surface area contributed by atoms with Crippen molar-refractivity contribution in [3.63, 3.8) is 0 Å². The number of rotatable bonds is 3. The van der Waals surface area contributed by atoms with Gasteiger partial charge in [-0.05, 0) is 19.1 Å². The molecule has 2 aromatic rings. The van der Waals surface area contributed by atoms with E-state index in [1.54, 1.807) is 19.3 Å². The van der Waals surface area contributed by atoms with Gasteiger partial charge in [0.25, 0.3) is 5.91 Å². The highest BCUT2D eigenvalue weighted by molar-refractivity contribution is 6.04. The first-order valence-corrected chi connectivity index (χ1v) is 5.42. The number of nitrogens with one attached hydrogen (secondary N) is 2. The van der Waals surface area contributed by atoms with Crippen LogP contribution in [0.15, 0.2) is 18.3 Å². The maximum absolute atomic E-state index is 11.7. The predicted molar refractivity (Wildman–Crippen MR) is 67.3 cm³/mol. The van der Waals surface area contributed by atoms with Gasteiger partial charge in [0.1, 0.15) is 11.6 Å². The molecule has 1 heterocycles. The van der Waals surface area contributed by atoms with Crippen molar-refractivity contribution in [3.05, 3.63) is 23.9 Å². The molecule has 0 radical (unpaired) electrons. The molecule has 5 nitrogen and oxygen atoms in total. The lowest BCUT2D eigenvalue weighted by Gasteiger charge is -2.09. The van der Waals surface area contributed by atoms with Crippen LogP contribution in [0.3, 0.4) is 0 Å². The Bertz CT molecular complexity index is 560. The summed E-state index contributed by atoms with van der Waals surface area (Å²) in [7, 11) is 1.59. The first-order valence-electron chi connectivity index (χ1n) is 5.42. The Kier molecular flexibility index (Phi) is 2.91. The molecular weight excluding hydrogens is 218 g/mol. The SMILES string of the molecule is CCOc1cc2c[nH]c(N)c2cc1C(=O)NC. The third kappa shape index (κ3) is 1.91. The van der Waals surface area contributed by atoms with E-state index in [0.717, 1.165) is 10.8 Å². The zero-order chi connectivity index (χ0) is 12.4. The summed E-state index contributed by atoms with van der Waals surface area (Å²) >= 11 is 0. The standard InChI is InChI=1S/C12H15N3O2/c1-3-17-10-4-7-6-15-11(13)8(7)5-9(10)12(16)14-2/h4-6,15H,3,13H2,1-2H3,(H,14,16). The Hall–Kier alpha value is -2.17. The average Bonchev–Trinajstić information content (AvgIpc) is 2.69. The highest BCUT2D eigenvalue weighted by Crippen LogP contribution is 2.29. The molecule has 0 aliphatic carbocycles. The zero-order valence-corrected chi connectivity index (χ0v) is 9.83. The van der Waals surface area contributed by atoms with Gasteiger partial charge in [-0.1, -0.05) is 0 Å². The van der Waals surface area contributed by atoms with E-state index in [9.17, 15) is 4.79 Å². The molecule has 5 heteroatoms. The number of fused-ring (bicyclic) bond motifs is 1. The molecule has 0 fully saturated rings. The second kappa shape index (κ2) is 4.37. The number of hydrogen-bond donors (Lipinski definition) is 3. The van der Waals surface area contributed by atoms with Gasteiger partial charge in [-0.2, -0.15) is 0 Å². The molecular formula is C12H15N3O2. The molecule has 4 N–H and O–H groups in total. The number of amides is 1. The number of benzene rings is 1. The Morgan fingerprint density at radius 3 is 2.94 bits per heavy atom. The Morgan fingerprint density at radius 1 is 1.53 bits per heavy atom. The van der Waals surface area contributed by atoms with Gasteiger partial charge in [0.05, 0.1) is 12.2 Å². The fourth-order valence-corrected chi connectivity index (χ4v) is 1.77. The smallest absolute Gasteiger partial charge is 0.254 e. The first-order chi connectivity index (χ1) is 8.17. The van der Waals surface area contributed by atoms with E-state index in [-0.39, 0.29) is 5.91 Å². The quantitative estimate of drug-likeness (QED) is 0.751. The van der Waals surface area contributed by atoms with Gasteiger partial charge >= 0.3 is 0 Å². The largest absolute Gasteiger partial charge is 0.493 e. The lowest BCUT2D eigenvalue weighted by Crippen LogP contribution is -2.18. The van der Waals surface area contributed by atoms with Crippen molar-refractivity contribution in [2.75, 3.05) is 19.4 Å². The minimum absolute atomic E-state index is 0.184. The molecule has 1 aromatic carbocycles. The van der Waals surface area contributed by atoms with Gasteiger partial charge in [0.15, 0.2) is 0 Å². The number of carbonyl (C=O) groups excluding carboxylic acids is 1. The van der Waals surface area contributed by atoms with E-state index < -0.39 is 0 Å². The van der Waals surface area contributed by atoms with Gasteiger partial charge in [-0.3, -0.25) is 4.79 Å². The van der Waals surface area contributed by atoms with Crippen molar-refractivity contribution in [2.24, 2.45) is 0 Å². The lowest BCUT2D eigenvalue weighted by atomic mass is 10.1. The molecule has 0 aliphatic rings. The van der Waals surface area contributed by atoms with E-state index in [4.69, 9.17) is 10.5 Å². The normalized spacial score (nSPS) is 10.5. The van der Waals surface area contributed by atoms with Crippen molar-refractivity contribution in [2.45, 2.75) is 6.92 Å². The van der Waals surface area contributed by atoms with E-state index in [1.807, 2.05) is 13.0 Å². The molecule has 0 aliphatic heterocycles. The van der Waals surface area contributed by atoms with Crippen LogP contribution in [-0.4, -0.2) is 24.5 Å². The monoisotopic (exact) mass is 233 g/mol. The van der Waals surface area contributed by atoms with E-state index in [2.05, 4.69) is 10.3 Å². The van der Waals surface area contributed by atoms with Crippen LogP contribution < -0.4 is 15.8 Å². The van der Waals surface area contributed by atoms with Crippen LogP contribution in [0.25, 0.3) is 10.8 Å². The topological polar surface area (TPSA) is 80.1 Å². The van der Waals surface area contributed by atoms with Gasteiger partial charge in [-0.25, -0.2) is 0 Å². The van der Waals surface area contributed by atoms with Crippen molar-refractivity contribution >= 4 is 22.5 Å². The number of hydrogen-bond acceptors (Lipinski definition) is 3. The molecule has 90 valence electrons. The van der Waals surface area contributed by atoms with Crippen LogP contribution in [0, 0.1) is 0 Å². The van der Waals surface area contributed by atoms with Gasteiger partial charge in [0, 0.05) is 24.0 Å². The summed E-state index contributed by atoms with van der Waals surface area (Å²) in [6.07, 6.45) is 1.79. The van der Waals surface area contributed by atoms with E-state index in [1.165, 1.54) is 0 Å². The molecule has 0 saturated heterocycles. The number of aromatic amines is 1. The van der Waals surface area contributed by atoms with Crippen LogP contribution in [0.1, 0.15) is 17.3 Å². The summed E-state index contributed by atoms with van der Waals surface area (Å²) in [6.45, 7) is 2.39. The maximum Gasteiger partial charge on any atom is 0.254 e. The molecule has 0 spiro atoms. The fraction of sp³-hybridized carbons (Fsp3) is 0.250. The van der Waals surface area contributed by atoms with Crippen molar-refractivity contribution in [1.29, 1.82) is 0 Å². The molecule has 0 unspecified atom stereocenters.